The van der Waals surface area contributed by atoms with Crippen LogP contribution in [0.2, 0.25) is 0 Å². The van der Waals surface area contributed by atoms with Gasteiger partial charge in [0.15, 0.2) is 0 Å². The lowest BCUT2D eigenvalue weighted by Crippen LogP contribution is -2.49. The van der Waals surface area contributed by atoms with Gasteiger partial charge in [0.25, 0.3) is 0 Å². The molecule has 0 aliphatic rings. The van der Waals surface area contributed by atoms with Crippen molar-refractivity contribution in [2.24, 2.45) is 0 Å². The third-order valence-corrected chi connectivity index (χ3v) is 4.20. The Morgan fingerprint density at radius 2 is 1.68 bits per heavy atom. The van der Waals surface area contributed by atoms with Gasteiger partial charge in [0.1, 0.15) is 5.76 Å². The van der Waals surface area contributed by atoms with Crippen LogP contribution in [0.15, 0.2) is 28.8 Å². The number of aryl methyl sites for hydroxylation is 2. The highest BCUT2D eigenvalue weighted by molar-refractivity contribution is 6.47. The molecule has 2 aromatic rings. The fourth-order valence-electron chi connectivity index (χ4n) is 1.98. The summed E-state index contributed by atoms with van der Waals surface area (Å²) in [5.74, 6) is 0.814. The molecule has 0 amide bonds. The van der Waals surface area contributed by atoms with E-state index in [2.05, 4.69) is 5.16 Å². The number of aliphatic hydroxyl groups is 1. The highest BCUT2D eigenvalue weighted by Gasteiger charge is 2.35. The van der Waals surface area contributed by atoms with Crippen LogP contribution in [0.5, 0.6) is 0 Å². The number of rotatable bonds is 5. The van der Waals surface area contributed by atoms with Crippen LogP contribution in [0, 0.1) is 13.8 Å². The van der Waals surface area contributed by atoms with Crippen molar-refractivity contribution in [2.45, 2.75) is 52.7 Å². The summed E-state index contributed by atoms with van der Waals surface area (Å²) in [5.41, 5.74) is 2.31. The van der Waals surface area contributed by atoms with Crippen LogP contribution in [-0.4, -0.2) is 28.9 Å². The Hall–Kier alpha value is -1.59. The van der Waals surface area contributed by atoms with Gasteiger partial charge in [0, 0.05) is 5.56 Å². The largest absolute Gasteiger partial charge is 0.427 e. The summed E-state index contributed by atoms with van der Waals surface area (Å²) in [7, 11) is 1.68. The molecule has 0 aliphatic carbocycles. The molecule has 0 unspecified atom stereocenters. The minimum atomic E-state index is -0.930. The highest BCUT2D eigenvalue weighted by atomic mass is 16.5. The summed E-state index contributed by atoms with van der Waals surface area (Å²) in [5, 5.41) is 14.1. The molecule has 1 N–H and O–H groups in total. The number of aromatic nitrogens is 1. The summed E-state index contributed by atoms with van der Waals surface area (Å²) in [4.78, 5) is 0. The van der Waals surface area contributed by atoms with Crippen molar-refractivity contribution in [3.05, 3.63) is 35.7 Å². The van der Waals surface area contributed by atoms with Gasteiger partial charge in [-0.25, -0.2) is 0 Å². The van der Waals surface area contributed by atoms with E-state index in [0.717, 1.165) is 28.0 Å². The van der Waals surface area contributed by atoms with Crippen LogP contribution in [0.25, 0.3) is 11.1 Å². The van der Waals surface area contributed by atoms with Gasteiger partial charge in [-0.1, -0.05) is 34.9 Å². The van der Waals surface area contributed by atoms with E-state index in [1.165, 1.54) is 0 Å². The van der Waals surface area contributed by atoms with Gasteiger partial charge >= 0.3 is 7.48 Å². The molecule has 0 bridgehead atoms. The molecule has 1 aromatic carbocycles. The van der Waals surface area contributed by atoms with Crippen molar-refractivity contribution in [1.82, 2.24) is 5.16 Å². The van der Waals surface area contributed by atoms with Gasteiger partial charge in [0.05, 0.1) is 16.9 Å². The summed E-state index contributed by atoms with van der Waals surface area (Å²) in [6.45, 7) is 11.0. The van der Waals surface area contributed by atoms with Crippen molar-refractivity contribution >= 4 is 12.9 Å². The summed E-state index contributed by atoms with van der Waals surface area (Å²) in [6.07, 6.45) is 0. The van der Waals surface area contributed by atoms with E-state index in [-0.39, 0.29) is 0 Å². The lowest BCUT2D eigenvalue weighted by atomic mass is 9.82. The molecule has 0 saturated heterocycles. The average molecular weight is 300 g/mol. The van der Waals surface area contributed by atoms with Crippen molar-refractivity contribution < 1.29 is 14.3 Å². The maximum Gasteiger partial charge on any atom is 0.330 e. The number of hydrogen-bond acceptors (Lipinski definition) is 4. The molecule has 1 aromatic heterocycles. The van der Waals surface area contributed by atoms with Crippen LogP contribution in [0.1, 0.15) is 39.1 Å². The molecule has 117 valence electrons. The molecule has 0 aliphatic heterocycles. The first-order chi connectivity index (χ1) is 10.1. The maximum atomic E-state index is 10.1. The van der Waals surface area contributed by atoms with Crippen LogP contribution in [-0.2, 0) is 4.65 Å². The summed E-state index contributed by atoms with van der Waals surface area (Å²) >= 11 is 0. The SMILES string of the molecule is Cc1noc(C)c1-c1ccc([B]OC(C)(C)C(C)(C)O)cc1. The molecule has 0 atom stereocenters. The van der Waals surface area contributed by atoms with Crippen molar-refractivity contribution in [2.75, 3.05) is 0 Å². The molecule has 4 nitrogen and oxygen atoms in total. The van der Waals surface area contributed by atoms with Crippen molar-refractivity contribution in [3.8, 4) is 11.1 Å². The quantitative estimate of drug-likeness (QED) is 0.863. The van der Waals surface area contributed by atoms with Gasteiger partial charge in [0.2, 0.25) is 0 Å². The molecular weight excluding hydrogens is 277 g/mol. The molecule has 1 radical (unpaired) electrons. The second-order valence-corrected chi connectivity index (χ2v) is 6.63. The Labute approximate surface area is 132 Å². The van der Waals surface area contributed by atoms with Gasteiger partial charge < -0.3 is 14.3 Å². The lowest BCUT2D eigenvalue weighted by molar-refractivity contribution is -0.0893. The molecule has 22 heavy (non-hydrogen) atoms. The minimum absolute atomic E-state index is 0.673. The topological polar surface area (TPSA) is 55.5 Å². The zero-order chi connectivity index (χ0) is 16.5. The van der Waals surface area contributed by atoms with Crippen LogP contribution >= 0.6 is 0 Å². The number of nitrogens with zero attached hydrogens (tertiary/aromatic N) is 1. The first-order valence-corrected chi connectivity index (χ1v) is 7.38. The normalized spacial score (nSPS) is 12.5. The molecule has 0 spiro atoms. The van der Waals surface area contributed by atoms with E-state index in [1.807, 2.05) is 52.0 Å². The zero-order valence-electron chi connectivity index (χ0n) is 14.1. The Bertz CT molecular complexity index is 619. The van der Waals surface area contributed by atoms with E-state index in [1.54, 1.807) is 21.3 Å². The standard InChI is InChI=1S/C17H23BNO3/c1-11-15(12(2)21-19-11)13-7-9-14(10-8-13)18-22-17(5,6)16(3,4)20/h7-10,20H,1-6H3. The second kappa shape index (κ2) is 5.90. The fraction of sp³-hybridized carbons (Fsp3) is 0.471. The number of benzene rings is 1. The van der Waals surface area contributed by atoms with Gasteiger partial charge in [-0.2, -0.15) is 0 Å². The first kappa shape index (κ1) is 16.8. The third kappa shape index (κ3) is 3.42. The van der Waals surface area contributed by atoms with Crippen molar-refractivity contribution in [1.29, 1.82) is 0 Å². The highest BCUT2D eigenvalue weighted by Crippen LogP contribution is 2.26. The Morgan fingerprint density at radius 1 is 1.09 bits per heavy atom. The summed E-state index contributed by atoms with van der Waals surface area (Å²) in [6, 6.07) is 7.97. The maximum absolute atomic E-state index is 10.1. The Kier molecular flexibility index (Phi) is 4.50. The molecule has 5 heteroatoms. The Balaban J connectivity index is 2.11. The van der Waals surface area contributed by atoms with E-state index in [0.29, 0.717) is 0 Å². The van der Waals surface area contributed by atoms with E-state index < -0.39 is 11.2 Å². The van der Waals surface area contributed by atoms with Crippen LogP contribution in [0.4, 0.5) is 0 Å². The van der Waals surface area contributed by atoms with Gasteiger partial charge in [-0.15, -0.1) is 0 Å². The predicted molar refractivity (Wildman–Crippen MR) is 88.3 cm³/mol. The van der Waals surface area contributed by atoms with E-state index >= 15 is 0 Å². The number of hydrogen-bond donors (Lipinski definition) is 1. The van der Waals surface area contributed by atoms with Gasteiger partial charge in [-0.3, -0.25) is 0 Å². The molecular formula is C17H23BNO3. The molecule has 1 heterocycles. The third-order valence-electron chi connectivity index (χ3n) is 4.20. The predicted octanol–water partition coefficient (Wildman–Crippen LogP) is 2.77. The smallest absolute Gasteiger partial charge is 0.330 e. The van der Waals surface area contributed by atoms with Crippen LogP contribution < -0.4 is 5.46 Å². The second-order valence-electron chi connectivity index (χ2n) is 6.63. The van der Waals surface area contributed by atoms with E-state index in [9.17, 15) is 5.11 Å². The molecule has 0 fully saturated rings. The van der Waals surface area contributed by atoms with Crippen LogP contribution in [0.3, 0.4) is 0 Å². The Morgan fingerprint density at radius 3 is 2.14 bits per heavy atom. The summed E-state index contributed by atoms with van der Waals surface area (Å²) < 4.78 is 11.0. The van der Waals surface area contributed by atoms with E-state index in [4.69, 9.17) is 9.18 Å². The van der Waals surface area contributed by atoms with Gasteiger partial charge in [-0.05, 0) is 47.1 Å². The minimum Gasteiger partial charge on any atom is -0.427 e. The monoisotopic (exact) mass is 300 g/mol. The fourth-order valence-corrected chi connectivity index (χ4v) is 1.98. The first-order valence-electron chi connectivity index (χ1n) is 7.38. The molecule has 2 rings (SSSR count). The average Bonchev–Trinajstić information content (AvgIpc) is 2.75. The van der Waals surface area contributed by atoms with Crippen molar-refractivity contribution in [3.63, 3.8) is 0 Å². The lowest BCUT2D eigenvalue weighted by Gasteiger charge is -2.37. The molecule has 0 saturated carbocycles. The zero-order valence-corrected chi connectivity index (χ0v) is 14.1.